The third-order valence-corrected chi connectivity index (χ3v) is 37.8. The number of aromatic nitrogens is 3. The number of carbonyl (C=O) groups excluding carboxylic acids is 4. The number of likely N-dealkylation sites (tertiary alicyclic amines) is 2. The maximum Gasteiger partial charge on any atom is 0.410 e. The molecule has 137 heavy (non-hydrogen) atoms. The quantitative estimate of drug-likeness (QED) is 0.0157. The highest BCUT2D eigenvalue weighted by atomic mass is 32.2. The Morgan fingerprint density at radius 2 is 0.796 bits per heavy atom. The maximum atomic E-state index is 16.5. The topological polar surface area (TPSA) is 432 Å². The predicted octanol–water partition coefficient (Wildman–Crippen LogP) is 17.4. The Labute approximate surface area is 803 Å². The van der Waals surface area contributed by atoms with Crippen molar-refractivity contribution in [3.05, 3.63) is 102 Å². The van der Waals surface area contributed by atoms with Crippen molar-refractivity contribution < 1.29 is 122 Å². The molecule has 6 saturated heterocycles. The number of anilines is 3. The first-order valence-electron chi connectivity index (χ1n) is 47.7. The van der Waals surface area contributed by atoms with Crippen molar-refractivity contribution in [3.8, 4) is 17.2 Å². The van der Waals surface area contributed by atoms with Gasteiger partial charge in [0, 0.05) is 107 Å². The van der Waals surface area contributed by atoms with E-state index in [0.717, 1.165) is 101 Å². The first-order chi connectivity index (χ1) is 64.9. The number of thioether (sulfide) groups is 2. The smallest absolute Gasteiger partial charge is 0.410 e. The van der Waals surface area contributed by atoms with Crippen molar-refractivity contribution >= 4 is 132 Å². The Morgan fingerprint density at radius 3 is 1.12 bits per heavy atom. The van der Waals surface area contributed by atoms with Crippen LogP contribution >= 0.6 is 53.9 Å². The van der Waals surface area contributed by atoms with Crippen molar-refractivity contribution in [3.63, 3.8) is 0 Å². The Balaban J connectivity index is 0.000000180. The van der Waals surface area contributed by atoms with Crippen molar-refractivity contribution in [2.24, 2.45) is 17.8 Å². The summed E-state index contributed by atoms with van der Waals surface area (Å²) >= 11 is 1.62. The molecule has 44 heteroatoms. The molecule has 2 amide bonds. The highest BCUT2D eigenvalue weighted by Crippen LogP contribution is 2.72. The highest BCUT2D eigenvalue weighted by molar-refractivity contribution is 8.14. The standard InChI is InChI=1S/C42H66FN3O11P2S.C26H32FN3O6.C25H34FN3O9P2S/c1-9-20-53-58(50,54-21-10-2)35(59(51,55-22-11-3)56-23-12-4)16-14-24-60-40(48)32-27-46(30-17-18-30)36-31(38(32)47)25-33(43)37(39(36)52-8)44-26-29-15-13-19-45(34(29)28-44)41(49)57-42(5,6)7;1-26(2,3)36-25(34)29-9-5-6-14-11-28(13-19(14)29)21-18(27)10-16-20(23(21)35-4)30(15-7-8-15)12-17(22(16)31)24(32)33;1-38-24-21-16(10-18(26)22(24)28-11-14-4-2-8-27-19(14)13-28)23(30)17(12-29(21)15-6-7-15)25(31)41-9-3-5-20(39(32,33)34)40(35,36)37/h25,27,29-30,34-35H,9-24,26,28H2,1-8H3;10,12,14-15,19H,5-9,11,13H2,1-4H3,(H,32,33);10,12,14-15,19-20,27H,2-9,11,13H2,1H3,(H2,32,33,34)(H2,35,36,37)/t29-,34+;2*14-,19+/m000/s1. The predicted molar refractivity (Wildman–Crippen MR) is 520 cm³/mol. The maximum absolute atomic E-state index is 16.5. The van der Waals surface area contributed by atoms with E-state index < -0.39 is 109 Å². The number of carboxylic acid groups (broad SMARTS) is 1. The van der Waals surface area contributed by atoms with E-state index in [1.54, 1.807) is 20.6 Å². The number of hydrogen-bond donors (Lipinski definition) is 6. The number of piperidine rings is 3. The minimum Gasteiger partial charge on any atom is -0.492 e. The lowest BCUT2D eigenvalue weighted by atomic mass is 9.92. The van der Waals surface area contributed by atoms with Crippen LogP contribution in [0.3, 0.4) is 0 Å². The van der Waals surface area contributed by atoms with Gasteiger partial charge in [0.25, 0.3) is 0 Å². The number of ether oxygens (including phenoxy) is 5. The molecule has 6 aromatic rings. The SMILES string of the molecule is CCCOP(=O)(OCCC)C(CCCSC(=O)c1cn(C2CC2)c2c(OC)c(N3C[C@@H]4CCCN(C(=O)OC(C)(C)C)[C@@H]4C3)c(F)cc2c1=O)P(=O)(OCCC)OCCC.COc1c(N2C[C@@H]3CCCN(C(=O)OC(C)(C)C)[C@@H]3C2)c(F)cc2c(=O)c(C(=O)O)cn(C3CC3)c12.COc1c(N2C[C@@H]3CCCN[C@@H]3C2)c(F)cc2c(=O)c(C(=O)SCCCC(P(=O)(O)O)P(=O)(O)O)cn(C3CC3)c12. The first kappa shape index (κ1) is 107. The number of carbonyl (C=O) groups is 5. The average Bonchev–Trinajstić information content (AvgIpc) is 1.66. The lowest BCUT2D eigenvalue weighted by Gasteiger charge is -2.37. The van der Waals surface area contributed by atoms with Crippen molar-refractivity contribution in [1.82, 2.24) is 28.8 Å². The van der Waals surface area contributed by atoms with Gasteiger partial charge in [-0.3, -0.25) is 42.2 Å². The van der Waals surface area contributed by atoms with Crippen LogP contribution in [0.5, 0.6) is 17.2 Å². The number of aromatic carboxylic acids is 1. The molecule has 6 atom stereocenters. The zero-order chi connectivity index (χ0) is 99.5. The number of carboxylic acids is 1. The van der Waals surface area contributed by atoms with E-state index in [1.165, 1.54) is 45.9 Å². The third kappa shape index (κ3) is 24.4. The fourth-order valence-corrected chi connectivity index (χ4v) is 29.5. The van der Waals surface area contributed by atoms with Crippen LogP contribution in [0.2, 0.25) is 0 Å². The summed E-state index contributed by atoms with van der Waals surface area (Å²) in [6, 6.07) is 3.50. The summed E-state index contributed by atoms with van der Waals surface area (Å²) in [6.07, 6.45) is 16.1. The van der Waals surface area contributed by atoms with Crippen molar-refractivity contribution in [1.29, 1.82) is 0 Å². The average molecular weight is 2040 g/mol. The van der Waals surface area contributed by atoms with Crippen molar-refractivity contribution in [2.75, 3.05) is 133 Å². The summed E-state index contributed by atoms with van der Waals surface area (Å²) in [5, 5.41) is 8.63. The number of benzene rings is 3. The fourth-order valence-electron chi connectivity index (χ4n) is 19.5. The molecule has 0 bridgehead atoms. The second-order valence-electron chi connectivity index (χ2n) is 38.8. The van der Waals surface area contributed by atoms with Crippen LogP contribution in [0, 0.1) is 35.2 Å². The van der Waals surface area contributed by atoms with Crippen LogP contribution < -0.4 is 50.5 Å². The molecule has 758 valence electrons. The van der Waals surface area contributed by atoms with E-state index >= 15 is 13.2 Å². The van der Waals surface area contributed by atoms with E-state index in [-0.39, 0.29) is 179 Å². The molecular formula is C93H132F3N9O26P4S2. The Morgan fingerprint density at radius 1 is 0.467 bits per heavy atom. The van der Waals surface area contributed by atoms with E-state index in [0.29, 0.717) is 118 Å². The number of methoxy groups -OCH3 is 3. The summed E-state index contributed by atoms with van der Waals surface area (Å²) in [4.78, 5) is 152. The highest BCUT2D eigenvalue weighted by Gasteiger charge is 2.53. The molecule has 3 aromatic heterocycles. The number of amides is 2. The molecule has 15 rings (SSSR count). The van der Waals surface area contributed by atoms with Crippen LogP contribution in [0.25, 0.3) is 32.7 Å². The Hall–Kier alpha value is -7.51. The van der Waals surface area contributed by atoms with Crippen LogP contribution in [0.15, 0.2) is 51.2 Å². The van der Waals surface area contributed by atoms with E-state index in [9.17, 15) is 81.3 Å². The normalized spacial score (nSPS) is 20.4. The number of fused-ring (bicyclic) bond motifs is 6. The van der Waals surface area contributed by atoms with Crippen LogP contribution in [0.1, 0.15) is 247 Å². The summed E-state index contributed by atoms with van der Waals surface area (Å²) in [5.41, 5.74) is -1.85. The zero-order valence-corrected chi connectivity index (χ0v) is 85.4. The molecular weight excluding hydrogens is 1900 g/mol. The molecule has 9 heterocycles. The molecule has 0 spiro atoms. The molecule has 6 N–H and O–H groups in total. The number of nitrogens with one attached hydrogen (secondary N) is 1. The summed E-state index contributed by atoms with van der Waals surface area (Å²) in [7, 11) is -13.8. The number of pyridine rings is 3. The van der Waals surface area contributed by atoms with Crippen LogP contribution in [0.4, 0.5) is 39.8 Å². The molecule has 3 aromatic carbocycles. The number of hydrogen-bond acceptors (Lipinski definition) is 27. The van der Waals surface area contributed by atoms with Gasteiger partial charge in [0.2, 0.25) is 26.5 Å². The largest absolute Gasteiger partial charge is 0.492 e. The minimum atomic E-state index is -5.06. The van der Waals surface area contributed by atoms with Gasteiger partial charge >= 0.3 is 48.5 Å². The van der Waals surface area contributed by atoms with Gasteiger partial charge in [-0.25, -0.2) is 27.6 Å². The molecule has 3 saturated carbocycles. The molecule has 0 radical (unpaired) electrons. The minimum absolute atomic E-state index is 0.00750. The number of halogens is 3. The Bertz CT molecular complexity index is 5780. The molecule has 35 nitrogen and oxygen atoms in total. The lowest BCUT2D eigenvalue weighted by molar-refractivity contribution is 0.00574. The molecule has 0 unspecified atom stereocenters. The van der Waals surface area contributed by atoms with E-state index in [1.807, 2.05) is 93.1 Å². The second kappa shape index (κ2) is 44.6. The van der Waals surface area contributed by atoms with Gasteiger partial charge in [0.1, 0.15) is 33.8 Å². The van der Waals surface area contributed by atoms with Gasteiger partial charge in [-0.05, 0) is 212 Å². The van der Waals surface area contributed by atoms with E-state index in [4.69, 9.17) is 41.8 Å². The molecule has 6 aliphatic heterocycles. The van der Waals surface area contributed by atoms with Gasteiger partial charge in [-0.1, -0.05) is 51.2 Å². The summed E-state index contributed by atoms with van der Waals surface area (Å²) in [5.74, 6) is -1.76. The van der Waals surface area contributed by atoms with Gasteiger partial charge in [-0.15, -0.1) is 0 Å². The number of rotatable bonds is 36. The molecule has 9 aliphatic rings. The third-order valence-electron chi connectivity index (χ3n) is 26.2. The molecule has 3 aliphatic carbocycles. The first-order valence-corrected chi connectivity index (χ1v) is 56.2. The fraction of sp³-hybridized carbons (Fsp3) is 0.656. The van der Waals surface area contributed by atoms with Crippen LogP contribution in [-0.2, 0) is 45.8 Å². The zero-order valence-electron chi connectivity index (χ0n) is 80.2. The number of nitrogens with zero attached hydrogens (tertiary/aromatic N) is 8. The monoisotopic (exact) mass is 2040 g/mol. The van der Waals surface area contributed by atoms with Gasteiger partial charge in [0.05, 0.1) is 104 Å². The lowest BCUT2D eigenvalue weighted by Crippen LogP contribution is -2.50. The van der Waals surface area contributed by atoms with E-state index in [2.05, 4.69) is 5.32 Å². The van der Waals surface area contributed by atoms with Gasteiger partial charge < -0.3 is 110 Å². The second-order valence-corrected chi connectivity index (χ2v) is 49.8. The Kier molecular flexibility index (Phi) is 34.7. The van der Waals surface area contributed by atoms with Gasteiger partial charge in [0.15, 0.2) is 45.5 Å². The molecule has 9 fully saturated rings. The van der Waals surface area contributed by atoms with Gasteiger partial charge in [-0.2, -0.15) is 0 Å². The summed E-state index contributed by atoms with van der Waals surface area (Å²) < 4.78 is 157. The van der Waals surface area contributed by atoms with Crippen LogP contribution in [-0.4, -0.2) is 235 Å². The summed E-state index contributed by atoms with van der Waals surface area (Å²) in [6.45, 7) is 24.2. The van der Waals surface area contributed by atoms with Crippen molar-refractivity contribution in [2.45, 2.75) is 256 Å².